The van der Waals surface area contributed by atoms with Crippen molar-refractivity contribution in [1.82, 2.24) is 15.5 Å². The monoisotopic (exact) mass is 444 g/mol. The lowest BCUT2D eigenvalue weighted by atomic mass is 9.97. The van der Waals surface area contributed by atoms with Crippen molar-refractivity contribution in [1.29, 1.82) is 0 Å². The Morgan fingerprint density at radius 1 is 1.10 bits per heavy atom. The average molecular weight is 444 g/mol. The SMILES string of the molecule is CCC(C)C(NC(=O)C1CCCN1C(=O)C(N)CC(=O)O)C(=O)NC(C(=O)O)C(C)O. The van der Waals surface area contributed by atoms with Gasteiger partial charge in [-0.2, -0.15) is 0 Å². The van der Waals surface area contributed by atoms with Gasteiger partial charge in [-0.05, 0) is 25.7 Å². The molecule has 0 aromatic carbocycles. The Bertz CT molecular complexity index is 698. The molecular weight excluding hydrogens is 412 g/mol. The minimum atomic E-state index is -1.55. The normalized spacial score (nSPS) is 20.8. The Morgan fingerprint density at radius 2 is 1.71 bits per heavy atom. The highest BCUT2D eigenvalue weighted by Gasteiger charge is 2.39. The summed E-state index contributed by atoms with van der Waals surface area (Å²) in [6.07, 6.45) is -0.614. The topological polar surface area (TPSA) is 199 Å². The summed E-state index contributed by atoms with van der Waals surface area (Å²) in [6.45, 7) is 4.94. The van der Waals surface area contributed by atoms with E-state index in [0.29, 0.717) is 19.3 Å². The van der Waals surface area contributed by atoms with Crippen molar-refractivity contribution in [3.05, 3.63) is 0 Å². The van der Waals surface area contributed by atoms with E-state index in [-0.39, 0.29) is 12.5 Å². The summed E-state index contributed by atoms with van der Waals surface area (Å²) in [7, 11) is 0. The molecular formula is C19H32N4O8. The molecule has 176 valence electrons. The summed E-state index contributed by atoms with van der Waals surface area (Å²) in [5.74, 6) is -5.07. The van der Waals surface area contributed by atoms with Gasteiger partial charge in [-0.1, -0.05) is 20.3 Å². The first-order valence-electron chi connectivity index (χ1n) is 10.2. The molecule has 1 heterocycles. The number of aliphatic hydroxyl groups excluding tert-OH is 1. The first kappa shape index (κ1) is 26.3. The van der Waals surface area contributed by atoms with Crippen molar-refractivity contribution in [3.8, 4) is 0 Å². The van der Waals surface area contributed by atoms with Crippen LogP contribution in [0.5, 0.6) is 0 Å². The van der Waals surface area contributed by atoms with Crippen LogP contribution in [0, 0.1) is 5.92 Å². The predicted octanol–water partition coefficient (Wildman–Crippen LogP) is -1.74. The Labute approximate surface area is 180 Å². The van der Waals surface area contributed by atoms with E-state index in [9.17, 15) is 34.2 Å². The van der Waals surface area contributed by atoms with Crippen LogP contribution in [0.15, 0.2) is 0 Å². The maximum absolute atomic E-state index is 12.9. The van der Waals surface area contributed by atoms with Gasteiger partial charge in [0.05, 0.1) is 18.6 Å². The molecule has 6 atom stereocenters. The van der Waals surface area contributed by atoms with Crippen LogP contribution in [0.4, 0.5) is 0 Å². The third kappa shape index (κ3) is 7.17. The van der Waals surface area contributed by atoms with E-state index >= 15 is 0 Å². The Morgan fingerprint density at radius 3 is 2.19 bits per heavy atom. The molecule has 7 N–H and O–H groups in total. The molecule has 0 bridgehead atoms. The van der Waals surface area contributed by atoms with Crippen LogP contribution < -0.4 is 16.4 Å². The van der Waals surface area contributed by atoms with Gasteiger partial charge in [-0.3, -0.25) is 19.2 Å². The zero-order chi connectivity index (χ0) is 23.9. The summed E-state index contributed by atoms with van der Waals surface area (Å²) in [6, 6.07) is -4.85. The number of rotatable bonds is 11. The second-order valence-corrected chi connectivity index (χ2v) is 7.83. The number of aliphatic hydroxyl groups is 1. The van der Waals surface area contributed by atoms with E-state index in [0.717, 1.165) is 0 Å². The molecule has 1 saturated heterocycles. The number of nitrogens with zero attached hydrogens (tertiary/aromatic N) is 1. The standard InChI is InChI=1S/C19H32N4O8/c1-4-9(2)14(17(28)22-15(10(3)24)19(30)31)21-16(27)12-6-5-7-23(12)18(29)11(20)8-13(25)26/h9-12,14-15,24H,4-8,20H2,1-3H3,(H,21,27)(H,22,28)(H,25,26)(H,30,31). The Kier molecular flexibility index (Phi) is 9.85. The fourth-order valence-corrected chi connectivity index (χ4v) is 3.37. The minimum Gasteiger partial charge on any atom is -0.481 e. The van der Waals surface area contributed by atoms with Crippen molar-refractivity contribution in [2.75, 3.05) is 6.54 Å². The van der Waals surface area contributed by atoms with E-state index in [1.54, 1.807) is 13.8 Å². The highest BCUT2D eigenvalue weighted by molar-refractivity contribution is 5.95. The smallest absolute Gasteiger partial charge is 0.328 e. The quantitative estimate of drug-likeness (QED) is 0.214. The zero-order valence-electron chi connectivity index (χ0n) is 17.9. The fourth-order valence-electron chi connectivity index (χ4n) is 3.37. The number of hydrogen-bond donors (Lipinski definition) is 6. The molecule has 12 heteroatoms. The van der Waals surface area contributed by atoms with Crippen molar-refractivity contribution in [3.63, 3.8) is 0 Å². The van der Waals surface area contributed by atoms with Gasteiger partial charge in [0.2, 0.25) is 17.7 Å². The highest BCUT2D eigenvalue weighted by Crippen LogP contribution is 2.20. The number of carboxylic acid groups (broad SMARTS) is 2. The van der Waals surface area contributed by atoms with Crippen LogP contribution in [-0.4, -0.2) is 86.7 Å². The molecule has 1 fully saturated rings. The lowest BCUT2D eigenvalue weighted by molar-refractivity contribution is -0.146. The number of nitrogens with two attached hydrogens (primary N) is 1. The highest BCUT2D eigenvalue weighted by atomic mass is 16.4. The largest absolute Gasteiger partial charge is 0.481 e. The molecule has 0 aliphatic carbocycles. The third-order valence-electron chi connectivity index (χ3n) is 5.39. The van der Waals surface area contributed by atoms with Gasteiger partial charge in [0, 0.05) is 6.54 Å². The molecule has 1 aliphatic rings. The van der Waals surface area contributed by atoms with Crippen LogP contribution in [0.3, 0.4) is 0 Å². The van der Waals surface area contributed by atoms with Gasteiger partial charge in [0.15, 0.2) is 6.04 Å². The van der Waals surface area contributed by atoms with E-state index in [4.69, 9.17) is 10.8 Å². The Balaban J connectivity index is 2.95. The summed E-state index contributed by atoms with van der Waals surface area (Å²) in [4.78, 5) is 61.4. The van der Waals surface area contributed by atoms with Gasteiger partial charge in [-0.15, -0.1) is 0 Å². The van der Waals surface area contributed by atoms with Gasteiger partial charge in [0.1, 0.15) is 12.1 Å². The molecule has 0 aromatic heterocycles. The second-order valence-electron chi connectivity index (χ2n) is 7.83. The molecule has 3 amide bonds. The summed E-state index contributed by atoms with van der Waals surface area (Å²) < 4.78 is 0. The number of likely N-dealkylation sites (tertiary alicyclic amines) is 1. The van der Waals surface area contributed by atoms with Crippen LogP contribution in [0.2, 0.25) is 0 Å². The number of carbonyl (C=O) groups excluding carboxylic acids is 3. The summed E-state index contributed by atoms with van der Waals surface area (Å²) in [5, 5.41) is 32.4. The zero-order valence-corrected chi connectivity index (χ0v) is 17.9. The molecule has 0 aromatic rings. The number of carboxylic acids is 2. The van der Waals surface area contributed by atoms with E-state index in [1.165, 1.54) is 11.8 Å². The second kappa shape index (κ2) is 11.6. The fraction of sp³-hybridized carbons (Fsp3) is 0.737. The number of amides is 3. The lowest BCUT2D eigenvalue weighted by Gasteiger charge is -2.30. The minimum absolute atomic E-state index is 0.230. The van der Waals surface area contributed by atoms with Gasteiger partial charge in [-0.25, -0.2) is 4.79 Å². The summed E-state index contributed by atoms with van der Waals surface area (Å²) in [5.41, 5.74) is 5.64. The van der Waals surface area contributed by atoms with Crippen molar-refractivity contribution in [2.45, 2.75) is 76.7 Å². The first-order valence-corrected chi connectivity index (χ1v) is 10.2. The van der Waals surface area contributed by atoms with E-state index in [2.05, 4.69) is 10.6 Å². The molecule has 1 aliphatic heterocycles. The van der Waals surface area contributed by atoms with E-state index in [1.807, 2.05) is 0 Å². The van der Waals surface area contributed by atoms with Gasteiger partial charge >= 0.3 is 11.9 Å². The van der Waals surface area contributed by atoms with Gasteiger partial charge in [0.25, 0.3) is 0 Å². The van der Waals surface area contributed by atoms with Crippen LogP contribution in [0.1, 0.15) is 46.5 Å². The van der Waals surface area contributed by atoms with E-state index < -0.39 is 66.4 Å². The van der Waals surface area contributed by atoms with Crippen molar-refractivity contribution < 1.29 is 39.3 Å². The molecule has 0 spiro atoms. The Hall–Kier alpha value is -2.73. The number of aliphatic carboxylic acids is 2. The molecule has 0 saturated carbocycles. The van der Waals surface area contributed by atoms with Crippen LogP contribution in [-0.2, 0) is 24.0 Å². The number of nitrogens with one attached hydrogen (secondary N) is 2. The third-order valence-corrected chi connectivity index (χ3v) is 5.39. The maximum atomic E-state index is 12.9. The molecule has 12 nitrogen and oxygen atoms in total. The predicted molar refractivity (Wildman–Crippen MR) is 108 cm³/mol. The lowest BCUT2D eigenvalue weighted by Crippen LogP contribution is -2.59. The molecule has 31 heavy (non-hydrogen) atoms. The summed E-state index contributed by atoms with van der Waals surface area (Å²) >= 11 is 0. The average Bonchev–Trinajstić information content (AvgIpc) is 3.17. The van der Waals surface area contributed by atoms with Gasteiger partial charge < -0.3 is 36.6 Å². The van der Waals surface area contributed by atoms with Crippen molar-refractivity contribution >= 4 is 29.7 Å². The molecule has 6 unspecified atom stereocenters. The number of carbonyl (C=O) groups is 5. The maximum Gasteiger partial charge on any atom is 0.328 e. The molecule has 0 radical (unpaired) electrons. The first-order chi connectivity index (χ1) is 14.4. The van der Waals surface area contributed by atoms with Crippen LogP contribution in [0.25, 0.3) is 0 Å². The number of hydrogen-bond acceptors (Lipinski definition) is 7. The van der Waals surface area contributed by atoms with Crippen LogP contribution >= 0.6 is 0 Å². The molecule has 1 rings (SSSR count). The van der Waals surface area contributed by atoms with Crippen molar-refractivity contribution in [2.24, 2.45) is 11.7 Å².